The predicted octanol–water partition coefficient (Wildman–Crippen LogP) is -0.278. The van der Waals surface area contributed by atoms with E-state index in [0.29, 0.717) is 6.61 Å². The van der Waals surface area contributed by atoms with Crippen LogP contribution in [0, 0.1) is 5.41 Å². The van der Waals surface area contributed by atoms with Gasteiger partial charge in [0, 0.05) is 5.41 Å². The molecule has 3 heteroatoms. The molecular formula is C6H12O3. The molecule has 0 bridgehead atoms. The van der Waals surface area contributed by atoms with E-state index in [4.69, 9.17) is 14.9 Å². The first-order valence-corrected chi connectivity index (χ1v) is 3.02. The lowest BCUT2D eigenvalue weighted by Crippen LogP contribution is -2.31. The number of hydrogen-bond acceptors (Lipinski definition) is 3. The first-order chi connectivity index (χ1) is 4.04. The maximum atomic E-state index is 9.15. The Hall–Kier alpha value is -0.120. The molecular weight excluding hydrogens is 120 g/mol. The average Bonchev–Trinajstić information content (AvgIpc) is 1.97. The molecule has 9 heavy (non-hydrogen) atoms. The predicted molar refractivity (Wildman–Crippen MR) is 31.7 cm³/mol. The van der Waals surface area contributed by atoms with Gasteiger partial charge in [-0.25, -0.2) is 0 Å². The Morgan fingerprint density at radius 3 is 2.11 bits per heavy atom. The summed E-state index contributed by atoms with van der Waals surface area (Å²) in [6.45, 7) is 4.14. The molecule has 0 radical (unpaired) electrons. The monoisotopic (exact) mass is 132 g/mol. The third kappa shape index (κ3) is 1.08. The van der Waals surface area contributed by atoms with Crippen molar-refractivity contribution in [2.24, 2.45) is 5.41 Å². The van der Waals surface area contributed by atoms with Gasteiger partial charge in [0.15, 0.2) is 6.29 Å². The third-order valence-electron chi connectivity index (χ3n) is 1.70. The SMILES string of the molecule is CC1(C)COC(O)[C@H]1O. The van der Waals surface area contributed by atoms with Gasteiger partial charge in [-0.1, -0.05) is 13.8 Å². The summed E-state index contributed by atoms with van der Waals surface area (Å²) in [4.78, 5) is 0. The van der Waals surface area contributed by atoms with Gasteiger partial charge in [-0.3, -0.25) is 0 Å². The van der Waals surface area contributed by atoms with Crippen LogP contribution in [0.5, 0.6) is 0 Å². The summed E-state index contributed by atoms with van der Waals surface area (Å²) in [6, 6.07) is 0. The molecule has 0 saturated carbocycles. The lowest BCUT2D eigenvalue weighted by Gasteiger charge is -2.19. The second-order valence-corrected chi connectivity index (χ2v) is 3.13. The number of hydrogen-bond donors (Lipinski definition) is 2. The Labute approximate surface area is 54.3 Å². The molecule has 0 aromatic rings. The van der Waals surface area contributed by atoms with Crippen LogP contribution in [0.1, 0.15) is 13.8 Å². The van der Waals surface area contributed by atoms with Crippen LogP contribution in [0.4, 0.5) is 0 Å². The third-order valence-corrected chi connectivity index (χ3v) is 1.70. The maximum absolute atomic E-state index is 9.15. The Kier molecular flexibility index (Phi) is 1.50. The summed E-state index contributed by atoms with van der Waals surface area (Å²) in [5.41, 5.74) is -0.292. The Bertz CT molecular complexity index is 111. The van der Waals surface area contributed by atoms with Crippen LogP contribution in [0.25, 0.3) is 0 Å². The van der Waals surface area contributed by atoms with Crippen LogP contribution in [0.15, 0.2) is 0 Å². The summed E-state index contributed by atoms with van der Waals surface area (Å²) in [7, 11) is 0. The first-order valence-electron chi connectivity index (χ1n) is 3.02. The van der Waals surface area contributed by atoms with Crippen molar-refractivity contribution in [3.05, 3.63) is 0 Å². The van der Waals surface area contributed by atoms with Crippen LogP contribution < -0.4 is 0 Å². The molecule has 1 aliphatic rings. The molecule has 0 aromatic heterocycles. The van der Waals surface area contributed by atoms with Crippen LogP contribution in [-0.2, 0) is 4.74 Å². The minimum atomic E-state index is -0.986. The van der Waals surface area contributed by atoms with Gasteiger partial charge >= 0.3 is 0 Å². The molecule has 1 unspecified atom stereocenters. The normalized spacial score (nSPS) is 41.3. The smallest absolute Gasteiger partial charge is 0.181 e. The van der Waals surface area contributed by atoms with Gasteiger partial charge in [0.05, 0.1) is 6.61 Å². The van der Waals surface area contributed by atoms with Gasteiger partial charge in [0.25, 0.3) is 0 Å². The van der Waals surface area contributed by atoms with E-state index in [9.17, 15) is 0 Å². The van der Waals surface area contributed by atoms with Crippen molar-refractivity contribution in [1.82, 2.24) is 0 Å². The molecule has 0 aliphatic carbocycles. The largest absolute Gasteiger partial charge is 0.387 e. The first kappa shape index (κ1) is 6.99. The second-order valence-electron chi connectivity index (χ2n) is 3.13. The van der Waals surface area contributed by atoms with Crippen molar-refractivity contribution in [2.75, 3.05) is 6.61 Å². The van der Waals surface area contributed by atoms with Crippen molar-refractivity contribution in [3.8, 4) is 0 Å². The van der Waals surface area contributed by atoms with E-state index in [-0.39, 0.29) is 5.41 Å². The van der Waals surface area contributed by atoms with E-state index < -0.39 is 12.4 Å². The van der Waals surface area contributed by atoms with Gasteiger partial charge in [-0.05, 0) is 0 Å². The minimum absolute atomic E-state index is 0.292. The molecule has 2 N–H and O–H groups in total. The molecule has 1 heterocycles. The average molecular weight is 132 g/mol. The Morgan fingerprint density at radius 2 is 2.00 bits per heavy atom. The van der Waals surface area contributed by atoms with E-state index in [1.807, 2.05) is 13.8 Å². The zero-order chi connectivity index (χ0) is 7.07. The highest BCUT2D eigenvalue weighted by molar-refractivity contribution is 4.84. The van der Waals surface area contributed by atoms with Crippen LogP contribution in [0.2, 0.25) is 0 Å². The number of ether oxygens (including phenoxy) is 1. The fourth-order valence-electron chi connectivity index (χ4n) is 0.863. The maximum Gasteiger partial charge on any atom is 0.181 e. The summed E-state index contributed by atoms with van der Waals surface area (Å²) in [5.74, 6) is 0. The van der Waals surface area contributed by atoms with Crippen molar-refractivity contribution >= 4 is 0 Å². The van der Waals surface area contributed by atoms with Crippen LogP contribution in [0.3, 0.4) is 0 Å². The summed E-state index contributed by atoms with van der Waals surface area (Å²) in [5, 5.41) is 18.0. The number of aliphatic hydroxyl groups is 2. The molecule has 0 amide bonds. The molecule has 1 rings (SSSR count). The van der Waals surface area contributed by atoms with Crippen LogP contribution >= 0.6 is 0 Å². The van der Waals surface area contributed by atoms with E-state index in [1.54, 1.807) is 0 Å². The van der Waals surface area contributed by atoms with E-state index in [0.717, 1.165) is 0 Å². The van der Waals surface area contributed by atoms with Crippen molar-refractivity contribution < 1.29 is 14.9 Å². The lowest BCUT2D eigenvalue weighted by atomic mass is 9.90. The van der Waals surface area contributed by atoms with Crippen LogP contribution in [-0.4, -0.2) is 29.2 Å². The lowest BCUT2D eigenvalue weighted by molar-refractivity contribution is -0.111. The molecule has 54 valence electrons. The molecule has 2 atom stereocenters. The highest BCUT2D eigenvalue weighted by Gasteiger charge is 2.40. The second kappa shape index (κ2) is 1.94. The zero-order valence-electron chi connectivity index (χ0n) is 5.66. The van der Waals surface area contributed by atoms with Crippen molar-refractivity contribution in [2.45, 2.75) is 26.2 Å². The number of aliphatic hydroxyl groups excluding tert-OH is 2. The molecule has 1 saturated heterocycles. The molecule has 3 nitrogen and oxygen atoms in total. The van der Waals surface area contributed by atoms with Crippen molar-refractivity contribution in [1.29, 1.82) is 0 Å². The van der Waals surface area contributed by atoms with Gasteiger partial charge in [0.1, 0.15) is 6.10 Å². The molecule has 1 fully saturated rings. The highest BCUT2D eigenvalue weighted by Crippen LogP contribution is 2.30. The van der Waals surface area contributed by atoms with Gasteiger partial charge in [-0.2, -0.15) is 0 Å². The molecule has 1 aliphatic heterocycles. The Balaban J connectivity index is 2.62. The van der Waals surface area contributed by atoms with Gasteiger partial charge in [-0.15, -0.1) is 0 Å². The van der Waals surface area contributed by atoms with E-state index in [1.165, 1.54) is 0 Å². The fourth-order valence-corrected chi connectivity index (χ4v) is 0.863. The van der Waals surface area contributed by atoms with Gasteiger partial charge in [0.2, 0.25) is 0 Å². The van der Waals surface area contributed by atoms with Gasteiger partial charge < -0.3 is 14.9 Å². The summed E-state index contributed by atoms with van der Waals surface area (Å²) in [6.07, 6.45) is -1.72. The van der Waals surface area contributed by atoms with E-state index >= 15 is 0 Å². The minimum Gasteiger partial charge on any atom is -0.387 e. The standard InChI is InChI=1S/C6H12O3/c1-6(2)3-9-5(8)4(6)7/h4-5,7-8H,3H2,1-2H3/t4-,5?/m1/s1. The highest BCUT2D eigenvalue weighted by atomic mass is 16.6. The molecule has 0 spiro atoms. The fraction of sp³-hybridized carbons (Fsp3) is 1.00. The van der Waals surface area contributed by atoms with Crippen molar-refractivity contribution in [3.63, 3.8) is 0 Å². The topological polar surface area (TPSA) is 49.7 Å². The van der Waals surface area contributed by atoms with E-state index in [2.05, 4.69) is 0 Å². The Morgan fingerprint density at radius 1 is 1.44 bits per heavy atom. The quantitative estimate of drug-likeness (QED) is 0.476. The summed E-state index contributed by atoms with van der Waals surface area (Å²) >= 11 is 0. The number of rotatable bonds is 0. The summed E-state index contributed by atoms with van der Waals surface area (Å²) < 4.78 is 4.79. The molecule has 0 aromatic carbocycles. The zero-order valence-corrected chi connectivity index (χ0v) is 5.66.